The van der Waals surface area contributed by atoms with Gasteiger partial charge in [0.15, 0.2) is 0 Å². The van der Waals surface area contributed by atoms with Gasteiger partial charge in [0.05, 0.1) is 5.69 Å². The molecule has 0 aliphatic heterocycles. The van der Waals surface area contributed by atoms with Crippen molar-refractivity contribution in [1.82, 2.24) is 34.0 Å². The molecule has 0 aliphatic carbocycles. The Labute approximate surface area is 144 Å². The molecule has 0 aliphatic rings. The lowest BCUT2D eigenvalue weighted by molar-refractivity contribution is 0.201. The van der Waals surface area contributed by atoms with Crippen molar-refractivity contribution in [2.75, 3.05) is 13.1 Å². The van der Waals surface area contributed by atoms with Crippen molar-refractivity contribution in [1.29, 1.82) is 0 Å². The van der Waals surface area contributed by atoms with Crippen molar-refractivity contribution in [2.24, 2.45) is 0 Å². The van der Waals surface area contributed by atoms with Crippen molar-refractivity contribution in [2.45, 2.75) is 24.8 Å². The van der Waals surface area contributed by atoms with Crippen molar-refractivity contribution in [3.63, 3.8) is 0 Å². The average molecular weight is 363 g/mol. The molecule has 1 amide bonds. The molecule has 0 spiro atoms. The fourth-order valence-electron chi connectivity index (χ4n) is 2.33. The zero-order valence-corrected chi connectivity index (χ0v) is 14.6. The van der Waals surface area contributed by atoms with Gasteiger partial charge in [-0.05, 0) is 19.9 Å². The molecule has 25 heavy (non-hydrogen) atoms. The SMILES string of the molecule is CCN(CC)C(=O)n1cnc(S(=O)(=O)Cc2cn3cccnc3n2)n1. The van der Waals surface area contributed by atoms with E-state index in [4.69, 9.17) is 0 Å². The van der Waals surface area contributed by atoms with Gasteiger partial charge in [-0.3, -0.25) is 4.40 Å². The molecule has 10 nitrogen and oxygen atoms in total. The van der Waals surface area contributed by atoms with Crippen molar-refractivity contribution in [3.8, 4) is 0 Å². The average Bonchev–Trinajstić information content (AvgIpc) is 3.22. The van der Waals surface area contributed by atoms with Gasteiger partial charge in [0.25, 0.3) is 5.16 Å². The summed E-state index contributed by atoms with van der Waals surface area (Å²) in [4.78, 5) is 25.7. The van der Waals surface area contributed by atoms with Crippen LogP contribution in [-0.4, -0.2) is 61.6 Å². The molecule has 11 heteroatoms. The molecule has 0 N–H and O–H groups in total. The first-order valence-electron chi connectivity index (χ1n) is 7.67. The van der Waals surface area contributed by atoms with Crippen molar-refractivity contribution in [3.05, 3.63) is 36.7 Å². The van der Waals surface area contributed by atoms with E-state index >= 15 is 0 Å². The minimum Gasteiger partial charge on any atom is -0.323 e. The third-order valence-corrected chi connectivity index (χ3v) is 5.02. The summed E-state index contributed by atoms with van der Waals surface area (Å²) >= 11 is 0. The molecule has 0 saturated carbocycles. The Bertz CT molecular complexity index is 971. The Hall–Kier alpha value is -2.82. The Kier molecular flexibility index (Phi) is 4.49. The van der Waals surface area contributed by atoms with Crippen LogP contribution < -0.4 is 0 Å². The Morgan fingerprint density at radius 3 is 2.68 bits per heavy atom. The zero-order chi connectivity index (χ0) is 18.0. The number of amides is 1. The lowest BCUT2D eigenvalue weighted by Gasteiger charge is -2.17. The van der Waals surface area contributed by atoms with E-state index in [0.29, 0.717) is 24.6 Å². The quantitative estimate of drug-likeness (QED) is 0.652. The maximum Gasteiger partial charge on any atom is 0.346 e. The predicted molar refractivity (Wildman–Crippen MR) is 87.6 cm³/mol. The molecule has 3 aromatic heterocycles. The standard InChI is InChI=1S/C14H17N7O3S/c1-3-19(4-2)14(22)21-10-16-13(18-21)25(23,24)9-11-8-20-7-5-6-15-12(20)17-11/h5-8,10H,3-4,9H2,1-2H3. The topological polar surface area (TPSA) is 115 Å². The van der Waals surface area contributed by atoms with Gasteiger partial charge in [0, 0.05) is 31.7 Å². The van der Waals surface area contributed by atoms with Crippen LogP contribution in [0.3, 0.4) is 0 Å². The monoisotopic (exact) mass is 363 g/mol. The Morgan fingerprint density at radius 2 is 2.00 bits per heavy atom. The number of aromatic nitrogens is 6. The van der Waals surface area contributed by atoms with Crippen molar-refractivity contribution < 1.29 is 13.2 Å². The summed E-state index contributed by atoms with van der Waals surface area (Å²) < 4.78 is 27.5. The van der Waals surface area contributed by atoms with Crippen LogP contribution in [0.5, 0.6) is 0 Å². The van der Waals surface area contributed by atoms with E-state index < -0.39 is 21.0 Å². The van der Waals surface area contributed by atoms with Crippen LogP contribution in [-0.2, 0) is 15.6 Å². The first kappa shape index (κ1) is 17.0. The summed E-state index contributed by atoms with van der Waals surface area (Å²) in [5.41, 5.74) is 0.324. The highest BCUT2D eigenvalue weighted by atomic mass is 32.2. The fourth-order valence-corrected chi connectivity index (χ4v) is 3.41. The van der Waals surface area contributed by atoms with Gasteiger partial charge in [0.1, 0.15) is 12.1 Å². The number of imidazole rings is 1. The minimum absolute atomic E-state index is 0.324. The predicted octanol–water partition coefficient (Wildman–Crippen LogP) is 0.605. The number of hydrogen-bond donors (Lipinski definition) is 0. The van der Waals surface area contributed by atoms with Gasteiger partial charge >= 0.3 is 6.03 Å². The largest absolute Gasteiger partial charge is 0.346 e. The van der Waals surface area contributed by atoms with E-state index in [2.05, 4.69) is 20.1 Å². The second-order valence-corrected chi connectivity index (χ2v) is 7.13. The molecular formula is C14H17N7O3S. The Balaban J connectivity index is 1.84. The van der Waals surface area contributed by atoms with E-state index in [-0.39, 0.29) is 5.75 Å². The smallest absolute Gasteiger partial charge is 0.323 e. The molecule has 3 aromatic rings. The first-order valence-corrected chi connectivity index (χ1v) is 9.32. The number of carbonyl (C=O) groups is 1. The highest BCUT2D eigenvalue weighted by Gasteiger charge is 2.24. The summed E-state index contributed by atoms with van der Waals surface area (Å²) in [6, 6.07) is 1.30. The third-order valence-electron chi connectivity index (χ3n) is 3.60. The van der Waals surface area contributed by atoms with E-state index in [1.165, 1.54) is 4.90 Å². The second kappa shape index (κ2) is 6.59. The summed E-state index contributed by atoms with van der Waals surface area (Å²) in [6.07, 6.45) is 5.99. The number of hydrogen-bond acceptors (Lipinski definition) is 7. The number of sulfone groups is 1. The van der Waals surface area contributed by atoms with Gasteiger partial charge < -0.3 is 4.90 Å². The van der Waals surface area contributed by atoms with Crippen LogP contribution >= 0.6 is 0 Å². The summed E-state index contributed by atoms with van der Waals surface area (Å²) in [5, 5.41) is 3.42. The number of carbonyl (C=O) groups excluding carboxylic acids is 1. The zero-order valence-electron chi connectivity index (χ0n) is 13.8. The summed E-state index contributed by atoms with van der Waals surface area (Å²) in [6.45, 7) is 4.64. The Morgan fingerprint density at radius 1 is 1.24 bits per heavy atom. The molecule has 0 saturated heterocycles. The van der Waals surface area contributed by atoms with Crippen molar-refractivity contribution >= 4 is 21.6 Å². The molecule has 3 heterocycles. The summed E-state index contributed by atoms with van der Waals surface area (Å²) in [7, 11) is -3.83. The van der Waals surface area contributed by atoms with Crippen LogP contribution in [0.4, 0.5) is 4.79 Å². The van der Waals surface area contributed by atoms with Gasteiger partial charge in [-0.25, -0.2) is 28.2 Å². The minimum atomic E-state index is -3.83. The molecule has 0 aromatic carbocycles. The molecule has 0 radical (unpaired) electrons. The number of nitrogens with zero attached hydrogens (tertiary/aromatic N) is 7. The van der Waals surface area contributed by atoms with E-state index in [1.807, 2.05) is 13.8 Å². The molecule has 3 rings (SSSR count). The molecule has 0 fully saturated rings. The summed E-state index contributed by atoms with van der Waals surface area (Å²) in [5.74, 6) is 0.0303. The van der Waals surface area contributed by atoms with Gasteiger partial charge in [-0.2, -0.15) is 4.68 Å². The molecule has 0 atom stereocenters. The normalized spacial score (nSPS) is 11.8. The van der Waals surface area contributed by atoms with Gasteiger partial charge in [-0.1, -0.05) is 0 Å². The number of rotatable bonds is 5. The van der Waals surface area contributed by atoms with Crippen LogP contribution in [0, 0.1) is 0 Å². The second-order valence-electron chi connectivity index (χ2n) is 5.24. The van der Waals surface area contributed by atoms with Crippen LogP contribution in [0.15, 0.2) is 36.1 Å². The van der Waals surface area contributed by atoms with Crippen LogP contribution in [0.2, 0.25) is 0 Å². The molecular weight excluding hydrogens is 346 g/mol. The van der Waals surface area contributed by atoms with Crippen LogP contribution in [0.25, 0.3) is 5.78 Å². The lowest BCUT2D eigenvalue weighted by Crippen LogP contribution is -2.34. The molecule has 0 unspecified atom stereocenters. The highest BCUT2D eigenvalue weighted by Crippen LogP contribution is 2.12. The van der Waals surface area contributed by atoms with E-state index in [9.17, 15) is 13.2 Å². The first-order chi connectivity index (χ1) is 11.9. The molecule has 132 valence electrons. The van der Waals surface area contributed by atoms with E-state index in [1.54, 1.807) is 29.1 Å². The lowest BCUT2D eigenvalue weighted by atomic mass is 10.5. The maximum absolute atomic E-state index is 12.5. The highest BCUT2D eigenvalue weighted by molar-refractivity contribution is 7.90. The van der Waals surface area contributed by atoms with Gasteiger partial charge in [-0.15, -0.1) is 5.10 Å². The van der Waals surface area contributed by atoms with Gasteiger partial charge in [0.2, 0.25) is 15.6 Å². The van der Waals surface area contributed by atoms with E-state index in [0.717, 1.165) is 11.0 Å². The number of fused-ring (bicyclic) bond motifs is 1. The molecule has 0 bridgehead atoms. The maximum atomic E-state index is 12.5. The fraction of sp³-hybridized carbons (Fsp3) is 0.357. The third kappa shape index (κ3) is 3.36. The van der Waals surface area contributed by atoms with Crippen LogP contribution in [0.1, 0.15) is 19.5 Å².